The van der Waals surface area contributed by atoms with E-state index in [0.717, 1.165) is 12.2 Å². The number of benzene rings is 1. The molecule has 0 amide bonds. The summed E-state index contributed by atoms with van der Waals surface area (Å²) >= 11 is 0. The quantitative estimate of drug-likeness (QED) is 0.885. The van der Waals surface area contributed by atoms with Gasteiger partial charge in [0.1, 0.15) is 5.82 Å². The lowest BCUT2D eigenvalue weighted by Gasteiger charge is -2.26. The van der Waals surface area contributed by atoms with Crippen molar-refractivity contribution in [3.05, 3.63) is 29.6 Å². The van der Waals surface area contributed by atoms with Gasteiger partial charge in [-0.15, -0.1) is 0 Å². The average molecular weight is 251 g/mol. The Kier molecular flexibility index (Phi) is 4.23. The van der Waals surface area contributed by atoms with Crippen molar-refractivity contribution < 1.29 is 9.50 Å². The van der Waals surface area contributed by atoms with Gasteiger partial charge in [-0.25, -0.2) is 4.39 Å². The highest BCUT2D eigenvalue weighted by Crippen LogP contribution is 2.31. The first-order chi connectivity index (χ1) is 8.59. The highest BCUT2D eigenvalue weighted by atomic mass is 19.1. The topological polar surface area (TPSA) is 23.5 Å². The summed E-state index contributed by atoms with van der Waals surface area (Å²) in [4.78, 5) is 2.08. The Hall–Kier alpha value is -1.09. The molecule has 0 unspecified atom stereocenters. The summed E-state index contributed by atoms with van der Waals surface area (Å²) in [6.45, 7) is 2.56. The van der Waals surface area contributed by atoms with Gasteiger partial charge in [0.25, 0.3) is 0 Å². The molecule has 3 heteroatoms. The lowest BCUT2D eigenvalue weighted by molar-refractivity contribution is 0.194. The summed E-state index contributed by atoms with van der Waals surface area (Å²) in [5.41, 5.74) is 1.23. The maximum atomic E-state index is 13.8. The van der Waals surface area contributed by atoms with Gasteiger partial charge in [0.2, 0.25) is 0 Å². The van der Waals surface area contributed by atoms with E-state index in [-0.39, 0.29) is 5.82 Å². The summed E-state index contributed by atoms with van der Waals surface area (Å²) in [7, 11) is 1.99. The summed E-state index contributed by atoms with van der Waals surface area (Å²) in [6, 6.07) is 5.01. The molecule has 0 aromatic heterocycles. The number of nitrogens with zero attached hydrogens (tertiary/aromatic N) is 1. The van der Waals surface area contributed by atoms with Gasteiger partial charge in [-0.1, -0.05) is 18.9 Å². The summed E-state index contributed by atoms with van der Waals surface area (Å²) in [6.07, 6.45) is 4.38. The van der Waals surface area contributed by atoms with Crippen LogP contribution in [0.5, 0.6) is 0 Å². The molecule has 1 saturated carbocycles. The van der Waals surface area contributed by atoms with Gasteiger partial charge in [-0.05, 0) is 37.8 Å². The molecule has 0 radical (unpaired) electrons. The first kappa shape index (κ1) is 13.3. The van der Waals surface area contributed by atoms with Crippen LogP contribution < -0.4 is 4.90 Å². The normalized spacial score (nSPS) is 18.0. The van der Waals surface area contributed by atoms with Crippen LogP contribution in [0.1, 0.15) is 44.3 Å². The van der Waals surface area contributed by atoms with E-state index >= 15 is 0 Å². The molecule has 1 fully saturated rings. The van der Waals surface area contributed by atoms with Crippen molar-refractivity contribution in [1.29, 1.82) is 0 Å². The second-order valence-corrected chi connectivity index (χ2v) is 5.38. The Bertz CT molecular complexity index is 399. The molecule has 1 aliphatic carbocycles. The maximum Gasteiger partial charge on any atom is 0.131 e. The molecule has 0 aliphatic heterocycles. The Morgan fingerprint density at radius 3 is 2.67 bits per heavy atom. The number of halogens is 1. The molecule has 100 valence electrons. The minimum Gasteiger partial charge on any atom is -0.389 e. The van der Waals surface area contributed by atoms with Gasteiger partial charge >= 0.3 is 0 Å². The van der Waals surface area contributed by atoms with Gasteiger partial charge in [-0.2, -0.15) is 0 Å². The predicted octanol–water partition coefficient (Wildman–Crippen LogP) is 3.51. The third kappa shape index (κ3) is 2.83. The van der Waals surface area contributed by atoms with Crippen LogP contribution in [0.15, 0.2) is 18.2 Å². The van der Waals surface area contributed by atoms with Crippen LogP contribution in [0.2, 0.25) is 0 Å². The number of hydrogen-bond donors (Lipinski definition) is 1. The van der Waals surface area contributed by atoms with Gasteiger partial charge in [0.15, 0.2) is 0 Å². The lowest BCUT2D eigenvalue weighted by atomic mass is 10.0. The smallest absolute Gasteiger partial charge is 0.131 e. The third-order valence-electron chi connectivity index (χ3n) is 3.87. The molecule has 18 heavy (non-hydrogen) atoms. The number of aliphatic hydroxyl groups excluding tert-OH is 1. The summed E-state index contributed by atoms with van der Waals surface area (Å²) in [5.74, 6) is 0.390. The minimum absolute atomic E-state index is 0.319. The Balaban J connectivity index is 2.18. The Labute approximate surface area is 108 Å². The minimum atomic E-state index is -0.771. The molecule has 1 aromatic rings. The zero-order chi connectivity index (χ0) is 13.1. The zero-order valence-electron chi connectivity index (χ0n) is 11.2. The van der Waals surface area contributed by atoms with Crippen molar-refractivity contribution in [2.45, 2.75) is 38.7 Å². The van der Waals surface area contributed by atoms with Crippen molar-refractivity contribution in [3.8, 4) is 0 Å². The SMILES string of the molecule is C[C@H](O)c1c(F)cccc1N(C)CC1CCCC1. The standard InChI is InChI=1S/C15H22FNO/c1-11(18)15-13(16)8-5-9-14(15)17(2)10-12-6-3-4-7-12/h5,8-9,11-12,18H,3-4,6-7,10H2,1-2H3/t11-/m0/s1. The second kappa shape index (κ2) is 5.70. The molecule has 0 spiro atoms. The average Bonchev–Trinajstić information content (AvgIpc) is 2.80. The van der Waals surface area contributed by atoms with Gasteiger partial charge in [0.05, 0.1) is 6.10 Å². The Morgan fingerprint density at radius 1 is 1.39 bits per heavy atom. The highest BCUT2D eigenvalue weighted by molar-refractivity contribution is 5.54. The zero-order valence-corrected chi connectivity index (χ0v) is 11.2. The van der Waals surface area contributed by atoms with E-state index in [1.165, 1.54) is 31.7 Å². The molecule has 0 bridgehead atoms. The second-order valence-electron chi connectivity index (χ2n) is 5.38. The van der Waals surface area contributed by atoms with Gasteiger partial charge in [-0.3, -0.25) is 0 Å². The number of aliphatic hydroxyl groups is 1. The van der Waals surface area contributed by atoms with Crippen LogP contribution in [0, 0.1) is 11.7 Å². The molecule has 1 aromatic carbocycles. The molecule has 2 nitrogen and oxygen atoms in total. The molecular weight excluding hydrogens is 229 g/mol. The molecule has 0 heterocycles. The van der Waals surface area contributed by atoms with E-state index < -0.39 is 6.10 Å². The Morgan fingerprint density at radius 2 is 2.06 bits per heavy atom. The number of hydrogen-bond acceptors (Lipinski definition) is 2. The largest absolute Gasteiger partial charge is 0.389 e. The molecule has 0 saturated heterocycles. The van der Waals surface area contributed by atoms with Crippen molar-refractivity contribution in [1.82, 2.24) is 0 Å². The fourth-order valence-corrected chi connectivity index (χ4v) is 2.95. The van der Waals surface area contributed by atoms with Gasteiger partial charge in [0, 0.05) is 24.8 Å². The van der Waals surface area contributed by atoms with Gasteiger partial charge < -0.3 is 10.0 Å². The van der Waals surface area contributed by atoms with E-state index in [1.807, 2.05) is 13.1 Å². The molecule has 1 aliphatic rings. The van der Waals surface area contributed by atoms with Crippen molar-refractivity contribution in [2.24, 2.45) is 5.92 Å². The van der Waals surface area contributed by atoms with Crippen molar-refractivity contribution >= 4 is 5.69 Å². The lowest BCUT2D eigenvalue weighted by Crippen LogP contribution is -2.25. The van der Waals surface area contributed by atoms with Crippen molar-refractivity contribution in [2.75, 3.05) is 18.5 Å². The van der Waals surface area contributed by atoms with E-state index in [2.05, 4.69) is 4.90 Å². The molecule has 2 rings (SSSR count). The monoisotopic (exact) mass is 251 g/mol. The van der Waals surface area contributed by atoms with E-state index in [0.29, 0.717) is 11.5 Å². The van der Waals surface area contributed by atoms with Crippen LogP contribution >= 0.6 is 0 Å². The first-order valence-electron chi connectivity index (χ1n) is 6.77. The van der Waals surface area contributed by atoms with Crippen LogP contribution in [0.4, 0.5) is 10.1 Å². The van der Waals surface area contributed by atoms with E-state index in [1.54, 1.807) is 13.0 Å². The molecular formula is C15H22FNO. The summed E-state index contributed by atoms with van der Waals surface area (Å²) < 4.78 is 13.8. The summed E-state index contributed by atoms with van der Waals surface area (Å²) in [5, 5.41) is 9.73. The van der Waals surface area contributed by atoms with E-state index in [4.69, 9.17) is 0 Å². The number of rotatable bonds is 4. The van der Waals surface area contributed by atoms with Crippen LogP contribution in [-0.2, 0) is 0 Å². The first-order valence-corrected chi connectivity index (χ1v) is 6.77. The van der Waals surface area contributed by atoms with Crippen molar-refractivity contribution in [3.63, 3.8) is 0 Å². The van der Waals surface area contributed by atoms with Crippen LogP contribution in [-0.4, -0.2) is 18.7 Å². The maximum absolute atomic E-state index is 13.8. The molecule has 1 N–H and O–H groups in total. The van der Waals surface area contributed by atoms with E-state index in [9.17, 15) is 9.50 Å². The van der Waals surface area contributed by atoms with Crippen LogP contribution in [0.3, 0.4) is 0 Å². The predicted molar refractivity (Wildman–Crippen MR) is 72.3 cm³/mol. The number of anilines is 1. The third-order valence-corrected chi connectivity index (χ3v) is 3.87. The fraction of sp³-hybridized carbons (Fsp3) is 0.600. The fourth-order valence-electron chi connectivity index (χ4n) is 2.95. The van der Waals surface area contributed by atoms with Crippen LogP contribution in [0.25, 0.3) is 0 Å². The molecule has 1 atom stereocenters. The highest BCUT2D eigenvalue weighted by Gasteiger charge is 2.20.